The number of nitrogens with one attached hydrogen (secondary N) is 2. The molecule has 0 saturated heterocycles. The molecule has 0 radical (unpaired) electrons. The zero-order valence-electron chi connectivity index (χ0n) is 15.8. The second-order valence-electron chi connectivity index (χ2n) is 7.53. The lowest BCUT2D eigenvalue weighted by atomic mass is 10.0. The van der Waals surface area contributed by atoms with E-state index in [1.54, 1.807) is 12.4 Å². The van der Waals surface area contributed by atoms with E-state index in [1.165, 1.54) is 44.1 Å². The Labute approximate surface area is 156 Å². The first kappa shape index (κ1) is 18.4. The third-order valence-corrected chi connectivity index (χ3v) is 5.06. The number of rotatable bonds is 5. The quantitative estimate of drug-likeness (QED) is 0.690. The highest BCUT2D eigenvalue weighted by Crippen LogP contribution is 2.22. The lowest BCUT2D eigenvalue weighted by molar-refractivity contribution is 0.102. The van der Waals surface area contributed by atoms with Gasteiger partial charge in [0.1, 0.15) is 0 Å². The molecule has 0 bridgehead atoms. The molecule has 3 rings (SSSR count). The van der Waals surface area contributed by atoms with E-state index in [1.807, 2.05) is 18.2 Å². The van der Waals surface area contributed by atoms with Crippen molar-refractivity contribution in [1.82, 2.24) is 4.98 Å². The molecular weight excluding hydrogens is 322 g/mol. The van der Waals surface area contributed by atoms with Crippen LogP contribution in [0.4, 0.5) is 11.4 Å². The average Bonchev–Trinajstić information content (AvgIpc) is 2.91. The summed E-state index contributed by atoms with van der Waals surface area (Å²) in [5.74, 6) is 0.356. The minimum absolute atomic E-state index is 0.126. The van der Waals surface area contributed by atoms with Gasteiger partial charge in [0, 0.05) is 24.1 Å². The second-order valence-corrected chi connectivity index (χ2v) is 7.53. The van der Waals surface area contributed by atoms with Gasteiger partial charge in [0.05, 0.1) is 11.3 Å². The summed E-state index contributed by atoms with van der Waals surface area (Å²) in [6, 6.07) is 10.4. The summed E-state index contributed by atoms with van der Waals surface area (Å²) >= 11 is 0. The monoisotopic (exact) mass is 351 g/mol. The smallest absolute Gasteiger partial charge is 0.257 e. The molecule has 26 heavy (non-hydrogen) atoms. The van der Waals surface area contributed by atoms with Crippen molar-refractivity contribution in [2.45, 2.75) is 64.3 Å². The SMILES string of the molecule is CC(C)c1ccc(NC(=O)c2cncc(NC3CCCCCC3)c2)cc1. The highest BCUT2D eigenvalue weighted by molar-refractivity contribution is 6.04. The predicted octanol–water partition coefficient (Wildman–Crippen LogP) is 5.59. The topological polar surface area (TPSA) is 54.0 Å². The lowest BCUT2D eigenvalue weighted by Crippen LogP contribution is -2.19. The molecule has 1 aliphatic carbocycles. The number of hydrogen-bond donors (Lipinski definition) is 2. The lowest BCUT2D eigenvalue weighted by Gasteiger charge is -2.17. The minimum atomic E-state index is -0.126. The van der Waals surface area contributed by atoms with Crippen molar-refractivity contribution in [3.8, 4) is 0 Å². The summed E-state index contributed by atoms with van der Waals surface area (Å²) in [7, 11) is 0. The van der Waals surface area contributed by atoms with Crippen molar-refractivity contribution in [2.75, 3.05) is 10.6 Å². The number of carbonyl (C=O) groups is 1. The number of anilines is 2. The molecule has 138 valence electrons. The van der Waals surface area contributed by atoms with Crippen LogP contribution in [0.2, 0.25) is 0 Å². The van der Waals surface area contributed by atoms with Crippen LogP contribution in [-0.4, -0.2) is 16.9 Å². The van der Waals surface area contributed by atoms with Gasteiger partial charge < -0.3 is 10.6 Å². The summed E-state index contributed by atoms with van der Waals surface area (Å²) in [6.45, 7) is 4.32. The van der Waals surface area contributed by atoms with Crippen LogP contribution >= 0.6 is 0 Å². The van der Waals surface area contributed by atoms with E-state index in [0.717, 1.165) is 11.4 Å². The first-order valence-electron chi connectivity index (χ1n) is 9.75. The van der Waals surface area contributed by atoms with Crippen molar-refractivity contribution in [3.63, 3.8) is 0 Å². The maximum Gasteiger partial charge on any atom is 0.257 e. The van der Waals surface area contributed by atoms with Crippen molar-refractivity contribution in [2.24, 2.45) is 0 Å². The normalized spacial score (nSPS) is 15.5. The van der Waals surface area contributed by atoms with Crippen LogP contribution in [0.15, 0.2) is 42.7 Å². The first-order chi connectivity index (χ1) is 12.6. The molecule has 0 unspecified atom stereocenters. The molecule has 2 aromatic rings. The zero-order chi connectivity index (χ0) is 18.4. The van der Waals surface area contributed by atoms with E-state index >= 15 is 0 Å². The Hall–Kier alpha value is -2.36. The van der Waals surface area contributed by atoms with Crippen molar-refractivity contribution < 1.29 is 4.79 Å². The standard InChI is InChI=1S/C22H29N3O/c1-16(2)17-9-11-20(12-10-17)25-22(26)18-13-21(15-23-14-18)24-19-7-5-3-4-6-8-19/h9-16,19,24H,3-8H2,1-2H3,(H,25,26). The molecule has 1 heterocycles. The Morgan fingerprint density at radius 2 is 1.69 bits per heavy atom. The maximum absolute atomic E-state index is 12.6. The van der Waals surface area contributed by atoms with Gasteiger partial charge in [-0.15, -0.1) is 0 Å². The maximum atomic E-state index is 12.6. The van der Waals surface area contributed by atoms with E-state index < -0.39 is 0 Å². The molecular formula is C22H29N3O. The van der Waals surface area contributed by atoms with Crippen LogP contribution in [0, 0.1) is 0 Å². The fourth-order valence-electron chi connectivity index (χ4n) is 3.46. The number of amides is 1. The minimum Gasteiger partial charge on any atom is -0.381 e. The fourth-order valence-corrected chi connectivity index (χ4v) is 3.46. The van der Waals surface area contributed by atoms with E-state index in [4.69, 9.17) is 0 Å². The van der Waals surface area contributed by atoms with Gasteiger partial charge in [0.2, 0.25) is 0 Å². The van der Waals surface area contributed by atoms with Crippen LogP contribution in [0.1, 0.15) is 74.2 Å². The highest BCUT2D eigenvalue weighted by Gasteiger charge is 2.13. The van der Waals surface area contributed by atoms with Crippen LogP contribution in [0.3, 0.4) is 0 Å². The summed E-state index contributed by atoms with van der Waals surface area (Å²) < 4.78 is 0. The number of carbonyl (C=O) groups excluding carboxylic acids is 1. The molecule has 0 aliphatic heterocycles. The van der Waals surface area contributed by atoms with Gasteiger partial charge in [0.25, 0.3) is 5.91 Å². The Balaban J connectivity index is 1.63. The van der Waals surface area contributed by atoms with Crippen molar-refractivity contribution in [3.05, 3.63) is 53.9 Å². The molecule has 1 aliphatic rings. The van der Waals surface area contributed by atoms with Crippen LogP contribution in [0.25, 0.3) is 0 Å². The molecule has 0 spiro atoms. The third-order valence-electron chi connectivity index (χ3n) is 5.06. The van der Waals surface area contributed by atoms with Crippen LogP contribution < -0.4 is 10.6 Å². The average molecular weight is 351 g/mol. The van der Waals surface area contributed by atoms with Gasteiger partial charge in [-0.05, 0) is 42.5 Å². The Bertz CT molecular complexity index is 716. The Morgan fingerprint density at radius 3 is 2.35 bits per heavy atom. The van der Waals surface area contributed by atoms with Gasteiger partial charge in [0.15, 0.2) is 0 Å². The highest BCUT2D eigenvalue weighted by atomic mass is 16.1. The molecule has 1 saturated carbocycles. The predicted molar refractivity (Wildman–Crippen MR) is 108 cm³/mol. The summed E-state index contributed by atoms with van der Waals surface area (Å²) in [4.78, 5) is 16.8. The van der Waals surface area contributed by atoms with Crippen LogP contribution in [0.5, 0.6) is 0 Å². The second kappa shape index (κ2) is 8.84. The van der Waals surface area contributed by atoms with Crippen LogP contribution in [-0.2, 0) is 0 Å². The first-order valence-corrected chi connectivity index (χ1v) is 9.75. The number of hydrogen-bond acceptors (Lipinski definition) is 3. The third kappa shape index (κ3) is 5.07. The van der Waals surface area contributed by atoms with E-state index in [9.17, 15) is 4.79 Å². The zero-order valence-corrected chi connectivity index (χ0v) is 15.8. The van der Waals surface area contributed by atoms with E-state index in [2.05, 4.69) is 41.6 Å². The molecule has 4 nitrogen and oxygen atoms in total. The van der Waals surface area contributed by atoms with Gasteiger partial charge in [-0.25, -0.2) is 0 Å². The summed E-state index contributed by atoms with van der Waals surface area (Å²) in [5.41, 5.74) is 3.58. The fraction of sp³-hybridized carbons (Fsp3) is 0.455. The van der Waals surface area contributed by atoms with Gasteiger partial charge >= 0.3 is 0 Å². The Morgan fingerprint density at radius 1 is 1.00 bits per heavy atom. The van der Waals surface area contributed by atoms with Gasteiger partial charge in [-0.2, -0.15) is 0 Å². The molecule has 4 heteroatoms. The van der Waals surface area contributed by atoms with Gasteiger partial charge in [-0.3, -0.25) is 9.78 Å². The number of nitrogens with zero attached hydrogens (tertiary/aromatic N) is 1. The van der Waals surface area contributed by atoms with E-state index in [-0.39, 0.29) is 5.91 Å². The molecule has 1 fully saturated rings. The molecule has 1 aromatic carbocycles. The Kier molecular flexibility index (Phi) is 6.26. The van der Waals surface area contributed by atoms with Crippen molar-refractivity contribution >= 4 is 17.3 Å². The summed E-state index contributed by atoms with van der Waals surface area (Å²) in [5, 5.41) is 6.52. The molecule has 1 aromatic heterocycles. The number of benzene rings is 1. The molecule has 2 N–H and O–H groups in total. The molecule has 1 amide bonds. The van der Waals surface area contributed by atoms with Crippen molar-refractivity contribution in [1.29, 1.82) is 0 Å². The largest absolute Gasteiger partial charge is 0.381 e. The molecule has 0 atom stereocenters. The number of aromatic nitrogens is 1. The summed E-state index contributed by atoms with van der Waals surface area (Å²) in [6.07, 6.45) is 11.0. The van der Waals surface area contributed by atoms with E-state index in [0.29, 0.717) is 17.5 Å². The number of pyridine rings is 1. The van der Waals surface area contributed by atoms with Gasteiger partial charge in [-0.1, -0.05) is 51.7 Å².